The minimum absolute atomic E-state index is 0.101. The van der Waals surface area contributed by atoms with Gasteiger partial charge in [-0.1, -0.05) is 57.9 Å². The van der Waals surface area contributed by atoms with Crippen LogP contribution in [0.4, 0.5) is 5.69 Å². The van der Waals surface area contributed by atoms with Gasteiger partial charge in [0.05, 0.1) is 11.8 Å². The summed E-state index contributed by atoms with van der Waals surface area (Å²) in [6.45, 7) is 0. The SMILES string of the molecule is O=C(O)c1ccc(NC(=O)C(Cc2ccccc2)n2ncc(-c3cc(Cl)ccc3Br)cc2=O)cc1. The lowest BCUT2D eigenvalue weighted by Gasteiger charge is -2.19. The van der Waals surface area contributed by atoms with Crippen LogP contribution in [0.25, 0.3) is 11.1 Å². The second kappa shape index (κ2) is 10.7. The van der Waals surface area contributed by atoms with Crippen LogP contribution in [-0.2, 0) is 11.2 Å². The number of carbonyl (C=O) groups is 2. The summed E-state index contributed by atoms with van der Waals surface area (Å²) >= 11 is 9.58. The highest BCUT2D eigenvalue weighted by Gasteiger charge is 2.24. The molecule has 9 heteroatoms. The van der Waals surface area contributed by atoms with E-state index in [0.29, 0.717) is 21.8 Å². The zero-order valence-electron chi connectivity index (χ0n) is 18.2. The van der Waals surface area contributed by atoms with Gasteiger partial charge in [0.15, 0.2) is 0 Å². The van der Waals surface area contributed by atoms with E-state index in [-0.39, 0.29) is 12.0 Å². The van der Waals surface area contributed by atoms with Crippen LogP contribution in [0, 0.1) is 0 Å². The van der Waals surface area contributed by atoms with E-state index in [0.717, 1.165) is 14.7 Å². The summed E-state index contributed by atoms with van der Waals surface area (Å²) in [6, 6.07) is 20.8. The van der Waals surface area contributed by atoms with Gasteiger partial charge in [0.2, 0.25) is 5.91 Å². The summed E-state index contributed by atoms with van der Waals surface area (Å²) in [4.78, 5) is 37.5. The first-order chi connectivity index (χ1) is 16.8. The Labute approximate surface area is 214 Å². The summed E-state index contributed by atoms with van der Waals surface area (Å²) in [6.07, 6.45) is 1.75. The van der Waals surface area contributed by atoms with Crippen LogP contribution in [0.15, 0.2) is 94.3 Å². The average molecular weight is 553 g/mol. The van der Waals surface area contributed by atoms with Crippen molar-refractivity contribution in [1.82, 2.24) is 9.78 Å². The number of carbonyl (C=O) groups excluding carboxylic acids is 1. The second-order valence-corrected chi connectivity index (χ2v) is 9.02. The molecule has 0 aliphatic carbocycles. The molecule has 0 fully saturated rings. The van der Waals surface area contributed by atoms with Crippen LogP contribution in [-0.4, -0.2) is 26.8 Å². The van der Waals surface area contributed by atoms with Crippen LogP contribution in [0.1, 0.15) is 22.0 Å². The number of amides is 1. The zero-order valence-corrected chi connectivity index (χ0v) is 20.5. The number of nitrogens with zero attached hydrogens (tertiary/aromatic N) is 2. The molecule has 4 aromatic rings. The van der Waals surface area contributed by atoms with Crippen molar-refractivity contribution in [1.29, 1.82) is 0 Å². The lowest BCUT2D eigenvalue weighted by molar-refractivity contribution is -0.119. The number of benzene rings is 3. The molecule has 1 atom stereocenters. The zero-order chi connectivity index (χ0) is 24.9. The molecule has 1 unspecified atom stereocenters. The van der Waals surface area contributed by atoms with Crippen molar-refractivity contribution in [2.24, 2.45) is 0 Å². The Balaban J connectivity index is 1.68. The molecule has 35 heavy (non-hydrogen) atoms. The maximum Gasteiger partial charge on any atom is 0.335 e. The van der Waals surface area contributed by atoms with E-state index < -0.39 is 23.5 Å². The van der Waals surface area contributed by atoms with Crippen LogP contribution >= 0.6 is 27.5 Å². The van der Waals surface area contributed by atoms with E-state index in [1.807, 2.05) is 30.3 Å². The normalized spacial score (nSPS) is 11.6. The molecule has 0 saturated heterocycles. The Kier molecular flexibility index (Phi) is 7.43. The molecule has 2 N–H and O–H groups in total. The third-order valence-corrected chi connectivity index (χ3v) is 6.26. The van der Waals surface area contributed by atoms with E-state index in [1.165, 1.54) is 36.5 Å². The number of carboxylic acid groups (broad SMARTS) is 1. The van der Waals surface area contributed by atoms with Crippen molar-refractivity contribution in [2.75, 3.05) is 5.32 Å². The molecule has 0 spiro atoms. The van der Waals surface area contributed by atoms with E-state index in [4.69, 9.17) is 16.7 Å². The minimum atomic E-state index is -1.06. The molecule has 0 aliphatic rings. The van der Waals surface area contributed by atoms with Crippen LogP contribution in [0.5, 0.6) is 0 Å². The smallest absolute Gasteiger partial charge is 0.335 e. The van der Waals surface area contributed by atoms with Gasteiger partial charge in [-0.3, -0.25) is 9.59 Å². The predicted octanol–water partition coefficient (Wildman–Crippen LogP) is 5.45. The number of aromatic nitrogens is 2. The Bertz CT molecular complexity index is 1440. The lowest BCUT2D eigenvalue weighted by Crippen LogP contribution is -2.36. The van der Waals surface area contributed by atoms with E-state index >= 15 is 0 Å². The lowest BCUT2D eigenvalue weighted by atomic mass is 10.0. The molecule has 0 saturated carbocycles. The Morgan fingerprint density at radius 2 is 1.74 bits per heavy atom. The summed E-state index contributed by atoms with van der Waals surface area (Å²) in [7, 11) is 0. The number of carboxylic acids is 1. The fourth-order valence-electron chi connectivity index (χ4n) is 3.57. The summed E-state index contributed by atoms with van der Waals surface area (Å²) < 4.78 is 1.90. The molecule has 176 valence electrons. The standard InChI is InChI=1S/C26H19BrClN3O4/c27-22-11-8-19(28)14-21(22)18-13-24(32)31(29-15-18)23(12-16-4-2-1-3-5-16)25(33)30-20-9-6-17(7-10-20)26(34)35/h1-11,13-15,23H,12H2,(H,30,33)(H,34,35). The summed E-state index contributed by atoms with van der Waals surface area (Å²) in [5.74, 6) is -1.52. The molecule has 1 heterocycles. The molecule has 3 aromatic carbocycles. The molecule has 4 rings (SSSR count). The molecule has 0 bridgehead atoms. The monoisotopic (exact) mass is 551 g/mol. The highest BCUT2D eigenvalue weighted by Crippen LogP contribution is 2.30. The molecule has 0 radical (unpaired) electrons. The summed E-state index contributed by atoms with van der Waals surface area (Å²) in [5, 5.41) is 16.7. The third kappa shape index (κ3) is 5.85. The van der Waals surface area contributed by atoms with Gasteiger partial charge in [0.25, 0.3) is 5.56 Å². The Morgan fingerprint density at radius 1 is 1.03 bits per heavy atom. The molecule has 0 aliphatic heterocycles. The van der Waals surface area contributed by atoms with Gasteiger partial charge in [-0.2, -0.15) is 5.10 Å². The van der Waals surface area contributed by atoms with Gasteiger partial charge in [-0.25, -0.2) is 9.48 Å². The first kappa shape index (κ1) is 24.4. The number of hydrogen-bond acceptors (Lipinski definition) is 4. The highest BCUT2D eigenvalue weighted by molar-refractivity contribution is 9.10. The van der Waals surface area contributed by atoms with Crippen LogP contribution < -0.4 is 10.9 Å². The van der Waals surface area contributed by atoms with E-state index in [9.17, 15) is 14.4 Å². The minimum Gasteiger partial charge on any atom is -0.478 e. The van der Waals surface area contributed by atoms with Crippen LogP contribution in [0.2, 0.25) is 5.02 Å². The van der Waals surface area contributed by atoms with Crippen molar-refractivity contribution < 1.29 is 14.7 Å². The number of anilines is 1. The molecule has 7 nitrogen and oxygen atoms in total. The second-order valence-electron chi connectivity index (χ2n) is 7.73. The van der Waals surface area contributed by atoms with Gasteiger partial charge in [-0.15, -0.1) is 0 Å². The maximum absolute atomic E-state index is 13.3. The first-order valence-electron chi connectivity index (χ1n) is 10.5. The first-order valence-corrected chi connectivity index (χ1v) is 11.7. The van der Waals surface area contributed by atoms with Crippen molar-refractivity contribution in [2.45, 2.75) is 12.5 Å². The molecule has 1 amide bonds. The van der Waals surface area contributed by atoms with Gasteiger partial charge < -0.3 is 10.4 Å². The quantitative estimate of drug-likeness (QED) is 0.318. The Hall–Kier alpha value is -3.75. The predicted molar refractivity (Wildman–Crippen MR) is 138 cm³/mol. The van der Waals surface area contributed by atoms with Gasteiger partial charge >= 0.3 is 5.97 Å². The third-order valence-electron chi connectivity index (χ3n) is 5.33. The van der Waals surface area contributed by atoms with Crippen molar-refractivity contribution in [3.05, 3.63) is 116 Å². The average Bonchev–Trinajstić information content (AvgIpc) is 2.85. The molecular formula is C26H19BrClN3O4. The van der Waals surface area contributed by atoms with Crippen molar-refractivity contribution in [3.63, 3.8) is 0 Å². The van der Waals surface area contributed by atoms with Gasteiger partial charge in [-0.05, 0) is 53.6 Å². The molecular weight excluding hydrogens is 534 g/mol. The van der Waals surface area contributed by atoms with E-state index in [2.05, 4.69) is 26.3 Å². The number of hydrogen-bond donors (Lipinski definition) is 2. The van der Waals surface area contributed by atoms with Gasteiger partial charge in [0.1, 0.15) is 6.04 Å². The Morgan fingerprint density at radius 3 is 2.40 bits per heavy atom. The van der Waals surface area contributed by atoms with Gasteiger partial charge in [0, 0.05) is 33.2 Å². The highest BCUT2D eigenvalue weighted by atomic mass is 79.9. The topological polar surface area (TPSA) is 101 Å². The molecule has 1 aromatic heterocycles. The number of aromatic carboxylic acids is 1. The number of nitrogens with one attached hydrogen (secondary N) is 1. The fourth-order valence-corrected chi connectivity index (χ4v) is 4.21. The summed E-state index contributed by atoms with van der Waals surface area (Å²) in [5.41, 5.74) is 2.17. The number of halogens is 2. The largest absolute Gasteiger partial charge is 0.478 e. The van der Waals surface area contributed by atoms with Crippen molar-refractivity contribution >= 4 is 45.1 Å². The van der Waals surface area contributed by atoms with Crippen molar-refractivity contribution in [3.8, 4) is 11.1 Å². The van der Waals surface area contributed by atoms with Crippen LogP contribution in [0.3, 0.4) is 0 Å². The van der Waals surface area contributed by atoms with E-state index in [1.54, 1.807) is 18.2 Å². The number of rotatable bonds is 7. The maximum atomic E-state index is 13.3. The fraction of sp³-hybridized carbons (Fsp3) is 0.0769.